The van der Waals surface area contributed by atoms with E-state index >= 15 is 0 Å². The maximum absolute atomic E-state index is 13.2. The Balaban J connectivity index is 1.45. The molecule has 5 rings (SSSR count). The van der Waals surface area contributed by atoms with Gasteiger partial charge in [0, 0.05) is 35.5 Å². The molecule has 1 aliphatic heterocycles. The van der Waals surface area contributed by atoms with E-state index in [-0.39, 0.29) is 11.9 Å². The molecule has 1 aliphatic carbocycles. The number of halogens is 3. The number of hydrogen-bond acceptors (Lipinski definition) is 2. The molecular weight excluding hydrogens is 417 g/mol. The highest BCUT2D eigenvalue weighted by Crippen LogP contribution is 2.36. The van der Waals surface area contributed by atoms with Crippen LogP contribution in [0.5, 0.6) is 0 Å². The summed E-state index contributed by atoms with van der Waals surface area (Å²) in [6, 6.07) is 7.21. The van der Waals surface area contributed by atoms with E-state index in [9.17, 15) is 18.0 Å². The Bertz CT molecular complexity index is 1170. The molecular formula is C24H25F3N4O. The van der Waals surface area contributed by atoms with Gasteiger partial charge < -0.3 is 14.5 Å². The zero-order valence-electron chi connectivity index (χ0n) is 17.9. The van der Waals surface area contributed by atoms with Gasteiger partial charge in [0.1, 0.15) is 0 Å². The predicted molar refractivity (Wildman–Crippen MR) is 114 cm³/mol. The molecule has 1 amide bonds. The molecule has 168 valence electrons. The summed E-state index contributed by atoms with van der Waals surface area (Å²) in [7, 11) is 0. The smallest absolute Gasteiger partial charge is 0.343 e. The molecule has 0 radical (unpaired) electrons. The van der Waals surface area contributed by atoms with Crippen LogP contribution >= 0.6 is 0 Å². The van der Waals surface area contributed by atoms with Gasteiger partial charge in [0.05, 0.1) is 11.6 Å². The van der Waals surface area contributed by atoms with E-state index in [1.165, 1.54) is 12.1 Å². The zero-order chi connectivity index (χ0) is 22.5. The first-order valence-electron chi connectivity index (χ1n) is 11.1. The van der Waals surface area contributed by atoms with Crippen molar-refractivity contribution >= 4 is 5.91 Å². The summed E-state index contributed by atoms with van der Waals surface area (Å²) >= 11 is 0. The number of benzene rings is 1. The maximum Gasteiger partial charge on any atom is 0.416 e. The molecule has 1 N–H and O–H groups in total. The molecule has 0 spiro atoms. The Hall–Kier alpha value is -3.03. The van der Waals surface area contributed by atoms with E-state index < -0.39 is 11.7 Å². The van der Waals surface area contributed by atoms with Crippen LogP contribution in [0.25, 0.3) is 5.69 Å². The summed E-state index contributed by atoms with van der Waals surface area (Å²) in [5, 5.41) is 3.14. The van der Waals surface area contributed by atoms with Crippen LogP contribution in [-0.2, 0) is 25.6 Å². The Labute approximate surface area is 184 Å². The first-order valence-corrected chi connectivity index (χ1v) is 11.1. The van der Waals surface area contributed by atoms with E-state index in [1.807, 2.05) is 22.1 Å². The second kappa shape index (κ2) is 7.83. The van der Waals surface area contributed by atoms with Crippen molar-refractivity contribution in [3.05, 3.63) is 70.6 Å². The SMILES string of the molecule is Cc1cc2c(n1-c1cccc(C(F)(F)F)c1)CCCC2NC(=O)c1ncc2n1CCCC2. The van der Waals surface area contributed by atoms with E-state index in [0.717, 1.165) is 73.8 Å². The summed E-state index contributed by atoms with van der Waals surface area (Å²) in [5.41, 5.74) is 3.72. The van der Waals surface area contributed by atoms with Crippen molar-refractivity contribution in [2.75, 3.05) is 0 Å². The third kappa shape index (κ3) is 3.61. The molecule has 1 unspecified atom stereocenters. The van der Waals surface area contributed by atoms with Gasteiger partial charge in [-0.3, -0.25) is 4.79 Å². The van der Waals surface area contributed by atoms with Crippen molar-refractivity contribution in [1.82, 2.24) is 19.4 Å². The summed E-state index contributed by atoms with van der Waals surface area (Å²) in [5.74, 6) is 0.251. The van der Waals surface area contributed by atoms with Gasteiger partial charge in [0.2, 0.25) is 0 Å². The number of nitrogens with zero attached hydrogens (tertiary/aromatic N) is 3. The van der Waals surface area contributed by atoms with Crippen LogP contribution in [0.3, 0.4) is 0 Å². The summed E-state index contributed by atoms with van der Waals surface area (Å²) in [6.07, 6.45) is 2.87. The molecule has 2 aliphatic rings. The van der Waals surface area contributed by atoms with E-state index in [4.69, 9.17) is 0 Å². The van der Waals surface area contributed by atoms with Crippen LogP contribution in [0.15, 0.2) is 36.5 Å². The van der Waals surface area contributed by atoms with Crippen LogP contribution in [-0.4, -0.2) is 20.0 Å². The lowest BCUT2D eigenvalue weighted by molar-refractivity contribution is -0.137. The standard InChI is InChI=1S/C24H25F3N4O/c1-15-12-19-20(29-23(32)22-28-14-18-7-2-3-11-30(18)22)9-5-10-21(19)31(15)17-8-4-6-16(13-17)24(25,26)27/h4,6,8,12-14,20H,2-3,5,7,9-11H2,1H3,(H,29,32). The molecule has 0 bridgehead atoms. The highest BCUT2D eigenvalue weighted by Gasteiger charge is 2.32. The van der Waals surface area contributed by atoms with Crippen LogP contribution < -0.4 is 5.32 Å². The third-order valence-corrected chi connectivity index (χ3v) is 6.54. The lowest BCUT2D eigenvalue weighted by Crippen LogP contribution is -2.33. The molecule has 32 heavy (non-hydrogen) atoms. The van der Waals surface area contributed by atoms with E-state index in [0.29, 0.717) is 11.5 Å². The van der Waals surface area contributed by atoms with Crippen molar-refractivity contribution in [2.24, 2.45) is 0 Å². The lowest BCUT2D eigenvalue weighted by atomic mass is 9.92. The van der Waals surface area contributed by atoms with Crippen molar-refractivity contribution in [2.45, 2.75) is 64.2 Å². The Morgan fingerprint density at radius 3 is 2.81 bits per heavy atom. The van der Waals surface area contributed by atoms with Crippen molar-refractivity contribution in [3.8, 4) is 5.69 Å². The number of carbonyl (C=O) groups excluding carboxylic acids is 1. The Morgan fingerprint density at radius 2 is 2.00 bits per heavy atom. The average Bonchev–Trinajstić information content (AvgIpc) is 3.34. The summed E-state index contributed by atoms with van der Waals surface area (Å²) in [4.78, 5) is 17.4. The molecule has 0 saturated carbocycles. The van der Waals surface area contributed by atoms with Gasteiger partial charge in [0.25, 0.3) is 5.91 Å². The molecule has 2 aromatic heterocycles. The maximum atomic E-state index is 13.2. The first kappa shape index (κ1) is 20.8. The van der Waals surface area contributed by atoms with Gasteiger partial charge in [-0.05, 0) is 75.3 Å². The van der Waals surface area contributed by atoms with E-state index in [2.05, 4.69) is 10.3 Å². The molecule has 0 fully saturated rings. The largest absolute Gasteiger partial charge is 0.416 e. The van der Waals surface area contributed by atoms with Crippen molar-refractivity contribution in [3.63, 3.8) is 0 Å². The second-order valence-electron chi connectivity index (χ2n) is 8.67. The average molecular weight is 442 g/mol. The number of nitrogens with one attached hydrogen (secondary N) is 1. The minimum Gasteiger partial charge on any atom is -0.343 e. The monoisotopic (exact) mass is 442 g/mol. The number of aromatic nitrogens is 3. The minimum absolute atomic E-state index is 0.187. The predicted octanol–water partition coefficient (Wildman–Crippen LogP) is 5.14. The Kier molecular flexibility index (Phi) is 5.10. The van der Waals surface area contributed by atoms with Gasteiger partial charge in [-0.1, -0.05) is 6.07 Å². The van der Waals surface area contributed by atoms with Gasteiger partial charge in [-0.2, -0.15) is 13.2 Å². The van der Waals surface area contributed by atoms with Crippen LogP contribution in [0.2, 0.25) is 0 Å². The Morgan fingerprint density at radius 1 is 1.16 bits per heavy atom. The molecule has 0 saturated heterocycles. The third-order valence-electron chi connectivity index (χ3n) is 6.54. The molecule has 3 heterocycles. The number of hydrogen-bond donors (Lipinski definition) is 1. The summed E-state index contributed by atoms with van der Waals surface area (Å²) in [6.45, 7) is 2.70. The number of rotatable bonds is 3. The lowest BCUT2D eigenvalue weighted by Gasteiger charge is -2.26. The zero-order valence-corrected chi connectivity index (χ0v) is 17.9. The van der Waals surface area contributed by atoms with Crippen LogP contribution in [0, 0.1) is 6.92 Å². The normalized spacial score (nSPS) is 18.2. The number of amides is 1. The molecule has 1 atom stereocenters. The van der Waals surface area contributed by atoms with Gasteiger partial charge in [0.15, 0.2) is 5.82 Å². The number of imidazole rings is 1. The van der Waals surface area contributed by atoms with Crippen molar-refractivity contribution in [1.29, 1.82) is 0 Å². The van der Waals surface area contributed by atoms with Gasteiger partial charge in [-0.15, -0.1) is 0 Å². The number of aryl methyl sites for hydroxylation is 2. The highest BCUT2D eigenvalue weighted by molar-refractivity contribution is 5.91. The van der Waals surface area contributed by atoms with Crippen LogP contribution in [0.4, 0.5) is 13.2 Å². The first-order chi connectivity index (χ1) is 15.3. The topological polar surface area (TPSA) is 51.9 Å². The number of alkyl halides is 3. The van der Waals surface area contributed by atoms with Gasteiger partial charge in [-0.25, -0.2) is 4.98 Å². The fraction of sp³-hybridized carbons (Fsp3) is 0.417. The fourth-order valence-electron chi connectivity index (χ4n) is 5.07. The number of carbonyl (C=O) groups is 1. The quantitative estimate of drug-likeness (QED) is 0.610. The summed E-state index contributed by atoms with van der Waals surface area (Å²) < 4.78 is 43.6. The molecule has 1 aromatic carbocycles. The molecule has 8 heteroatoms. The molecule has 3 aromatic rings. The van der Waals surface area contributed by atoms with E-state index in [1.54, 1.807) is 12.3 Å². The molecule has 5 nitrogen and oxygen atoms in total. The fourth-order valence-corrected chi connectivity index (χ4v) is 5.07. The van der Waals surface area contributed by atoms with Crippen LogP contribution in [0.1, 0.15) is 70.6 Å². The highest BCUT2D eigenvalue weighted by atomic mass is 19.4. The minimum atomic E-state index is -4.39. The number of fused-ring (bicyclic) bond motifs is 2. The second-order valence-corrected chi connectivity index (χ2v) is 8.67. The van der Waals surface area contributed by atoms with Crippen molar-refractivity contribution < 1.29 is 18.0 Å². The van der Waals surface area contributed by atoms with Gasteiger partial charge >= 0.3 is 6.18 Å².